The third-order valence-corrected chi connectivity index (χ3v) is 3.57. The number of amides is 1. The number of esters is 1. The second-order valence-corrected chi connectivity index (χ2v) is 5.91. The SMILES string of the molecule is Cc1cc(C)cc(NC(=O)COC(=O)/C=C/c2c(F)cccc2Cl)c1. The summed E-state index contributed by atoms with van der Waals surface area (Å²) in [4.78, 5) is 23.5. The quantitative estimate of drug-likeness (QED) is 0.638. The Hall–Kier alpha value is -2.66. The molecule has 0 spiro atoms. The number of aryl methyl sites for hydroxylation is 2. The van der Waals surface area contributed by atoms with Crippen LogP contribution in [0.15, 0.2) is 42.5 Å². The number of carbonyl (C=O) groups is 2. The maximum atomic E-state index is 13.6. The van der Waals surface area contributed by atoms with Crippen LogP contribution in [0.3, 0.4) is 0 Å². The van der Waals surface area contributed by atoms with Gasteiger partial charge < -0.3 is 10.1 Å². The number of hydrogen-bond donors (Lipinski definition) is 1. The first-order valence-electron chi connectivity index (χ1n) is 7.52. The number of halogens is 2. The van der Waals surface area contributed by atoms with Crippen LogP contribution in [-0.2, 0) is 14.3 Å². The van der Waals surface area contributed by atoms with Crippen molar-refractivity contribution in [3.8, 4) is 0 Å². The van der Waals surface area contributed by atoms with Gasteiger partial charge in [-0.25, -0.2) is 9.18 Å². The van der Waals surface area contributed by atoms with Crippen LogP contribution < -0.4 is 5.32 Å². The van der Waals surface area contributed by atoms with Gasteiger partial charge in [-0.2, -0.15) is 0 Å². The molecule has 0 bridgehead atoms. The van der Waals surface area contributed by atoms with Gasteiger partial charge in [0, 0.05) is 17.3 Å². The van der Waals surface area contributed by atoms with E-state index in [0.717, 1.165) is 17.2 Å². The fourth-order valence-electron chi connectivity index (χ4n) is 2.25. The van der Waals surface area contributed by atoms with E-state index in [-0.39, 0.29) is 10.6 Å². The number of benzene rings is 2. The highest BCUT2D eigenvalue weighted by Gasteiger charge is 2.08. The van der Waals surface area contributed by atoms with E-state index in [1.165, 1.54) is 24.3 Å². The molecule has 2 aromatic carbocycles. The topological polar surface area (TPSA) is 55.4 Å². The Kier molecular flexibility index (Phi) is 6.31. The van der Waals surface area contributed by atoms with Gasteiger partial charge in [0.1, 0.15) is 5.82 Å². The van der Waals surface area contributed by atoms with E-state index in [2.05, 4.69) is 5.32 Å². The molecule has 2 rings (SSSR count). The Balaban J connectivity index is 1.89. The highest BCUT2D eigenvalue weighted by atomic mass is 35.5. The molecular formula is C19H17ClFNO3. The molecular weight excluding hydrogens is 345 g/mol. The lowest BCUT2D eigenvalue weighted by Crippen LogP contribution is -2.20. The average Bonchev–Trinajstić information content (AvgIpc) is 2.51. The van der Waals surface area contributed by atoms with Crippen molar-refractivity contribution >= 4 is 35.2 Å². The Morgan fingerprint density at radius 3 is 2.52 bits per heavy atom. The van der Waals surface area contributed by atoms with E-state index in [0.29, 0.717) is 5.69 Å². The van der Waals surface area contributed by atoms with Crippen molar-refractivity contribution in [2.45, 2.75) is 13.8 Å². The Labute approximate surface area is 150 Å². The molecule has 25 heavy (non-hydrogen) atoms. The summed E-state index contributed by atoms with van der Waals surface area (Å²) in [6.45, 7) is 3.39. The van der Waals surface area contributed by atoms with Crippen molar-refractivity contribution in [2.24, 2.45) is 0 Å². The molecule has 1 N–H and O–H groups in total. The van der Waals surface area contributed by atoms with Gasteiger partial charge in [0.25, 0.3) is 5.91 Å². The van der Waals surface area contributed by atoms with E-state index in [9.17, 15) is 14.0 Å². The zero-order valence-electron chi connectivity index (χ0n) is 13.8. The second kappa shape index (κ2) is 8.44. The van der Waals surface area contributed by atoms with Gasteiger partial charge in [-0.05, 0) is 55.3 Å². The van der Waals surface area contributed by atoms with Gasteiger partial charge >= 0.3 is 5.97 Å². The van der Waals surface area contributed by atoms with Gasteiger partial charge in [0.2, 0.25) is 0 Å². The van der Waals surface area contributed by atoms with Crippen LogP contribution in [0.1, 0.15) is 16.7 Å². The minimum atomic E-state index is -0.769. The minimum absolute atomic E-state index is 0.0841. The molecule has 0 saturated carbocycles. The van der Waals surface area contributed by atoms with Crippen LogP contribution in [0.4, 0.5) is 10.1 Å². The molecule has 0 unspecified atom stereocenters. The Morgan fingerprint density at radius 2 is 1.88 bits per heavy atom. The first-order valence-corrected chi connectivity index (χ1v) is 7.90. The fraction of sp³-hybridized carbons (Fsp3) is 0.158. The van der Waals surface area contributed by atoms with E-state index < -0.39 is 24.3 Å². The van der Waals surface area contributed by atoms with Gasteiger partial charge in [-0.15, -0.1) is 0 Å². The molecule has 0 aromatic heterocycles. The maximum absolute atomic E-state index is 13.6. The van der Waals surface area contributed by atoms with E-state index in [1.807, 2.05) is 32.0 Å². The average molecular weight is 362 g/mol. The first-order chi connectivity index (χ1) is 11.8. The smallest absolute Gasteiger partial charge is 0.331 e. The van der Waals surface area contributed by atoms with Crippen LogP contribution in [0.5, 0.6) is 0 Å². The summed E-state index contributed by atoms with van der Waals surface area (Å²) in [7, 11) is 0. The lowest BCUT2D eigenvalue weighted by molar-refractivity contribution is -0.142. The summed E-state index contributed by atoms with van der Waals surface area (Å²) in [6, 6.07) is 9.81. The number of nitrogens with one attached hydrogen (secondary N) is 1. The third kappa shape index (κ3) is 5.72. The number of rotatable bonds is 5. The van der Waals surface area contributed by atoms with Crippen molar-refractivity contribution < 1.29 is 18.7 Å². The van der Waals surface area contributed by atoms with Crippen LogP contribution in [0, 0.1) is 19.7 Å². The largest absolute Gasteiger partial charge is 0.452 e. The number of carbonyl (C=O) groups excluding carboxylic acids is 2. The highest BCUT2D eigenvalue weighted by Crippen LogP contribution is 2.20. The molecule has 0 fully saturated rings. The van der Waals surface area contributed by atoms with Crippen LogP contribution in [-0.4, -0.2) is 18.5 Å². The van der Waals surface area contributed by atoms with Crippen molar-refractivity contribution in [3.63, 3.8) is 0 Å². The molecule has 0 heterocycles. The predicted molar refractivity (Wildman–Crippen MR) is 95.9 cm³/mol. The molecule has 0 saturated heterocycles. The lowest BCUT2D eigenvalue weighted by Gasteiger charge is -2.07. The number of anilines is 1. The van der Waals surface area contributed by atoms with Crippen molar-refractivity contribution in [3.05, 3.63) is 70.0 Å². The van der Waals surface area contributed by atoms with Crippen LogP contribution >= 0.6 is 11.6 Å². The zero-order valence-corrected chi connectivity index (χ0v) is 14.6. The van der Waals surface area contributed by atoms with Gasteiger partial charge in [-0.3, -0.25) is 4.79 Å². The molecule has 1 amide bonds. The zero-order chi connectivity index (χ0) is 18.4. The van der Waals surface area contributed by atoms with E-state index in [4.69, 9.17) is 16.3 Å². The summed E-state index contributed by atoms with van der Waals surface area (Å²) in [6.07, 6.45) is 2.23. The van der Waals surface area contributed by atoms with Gasteiger partial charge in [-0.1, -0.05) is 23.7 Å². The monoisotopic (exact) mass is 361 g/mol. The predicted octanol–water partition coefficient (Wildman–Crippen LogP) is 4.29. The molecule has 4 nitrogen and oxygen atoms in total. The molecule has 0 radical (unpaired) electrons. The minimum Gasteiger partial charge on any atom is -0.452 e. The molecule has 0 aliphatic heterocycles. The lowest BCUT2D eigenvalue weighted by atomic mass is 10.1. The molecule has 0 atom stereocenters. The summed E-state index contributed by atoms with van der Waals surface area (Å²) in [5.41, 5.74) is 2.74. The van der Waals surface area contributed by atoms with Gasteiger partial charge in [0.05, 0.1) is 5.02 Å². The molecule has 0 aliphatic rings. The fourth-order valence-corrected chi connectivity index (χ4v) is 2.48. The van der Waals surface area contributed by atoms with Crippen molar-refractivity contribution in [1.29, 1.82) is 0 Å². The van der Waals surface area contributed by atoms with Crippen molar-refractivity contribution in [1.82, 2.24) is 0 Å². The summed E-state index contributed by atoms with van der Waals surface area (Å²) < 4.78 is 18.4. The highest BCUT2D eigenvalue weighted by molar-refractivity contribution is 6.32. The molecule has 0 aliphatic carbocycles. The third-order valence-electron chi connectivity index (χ3n) is 3.24. The second-order valence-electron chi connectivity index (χ2n) is 5.50. The summed E-state index contributed by atoms with van der Waals surface area (Å²) in [5, 5.41) is 2.83. The van der Waals surface area contributed by atoms with E-state index in [1.54, 1.807) is 0 Å². The van der Waals surface area contributed by atoms with Crippen molar-refractivity contribution in [2.75, 3.05) is 11.9 Å². The summed E-state index contributed by atoms with van der Waals surface area (Å²) >= 11 is 5.85. The summed E-state index contributed by atoms with van der Waals surface area (Å²) in [5.74, 6) is -1.78. The Bertz CT molecular complexity index is 793. The molecule has 2 aromatic rings. The standard InChI is InChI=1S/C19H17ClFNO3/c1-12-8-13(2)10-14(9-12)22-18(23)11-25-19(24)7-6-15-16(20)4-3-5-17(15)21/h3-10H,11H2,1-2H3,(H,22,23)/b7-6+. The molecule has 130 valence electrons. The van der Waals surface area contributed by atoms with Gasteiger partial charge in [0.15, 0.2) is 6.61 Å². The van der Waals surface area contributed by atoms with Crippen LogP contribution in [0.25, 0.3) is 6.08 Å². The first kappa shape index (κ1) is 18.7. The number of ether oxygens (including phenoxy) is 1. The van der Waals surface area contributed by atoms with Crippen LogP contribution in [0.2, 0.25) is 5.02 Å². The normalized spacial score (nSPS) is 10.7. The molecule has 6 heteroatoms. The maximum Gasteiger partial charge on any atom is 0.331 e. The number of hydrogen-bond acceptors (Lipinski definition) is 3. The Morgan fingerprint density at radius 1 is 1.20 bits per heavy atom. The van der Waals surface area contributed by atoms with E-state index >= 15 is 0 Å².